The summed E-state index contributed by atoms with van der Waals surface area (Å²) in [5, 5.41) is 10.4. The standard InChI is InChI=1S/C26H38N4O2S/c1-31-23-10-5-9-22(17-23)30-25(27-28-26(30)33-19-24-11-6-16-32-24)21-12-14-29(15-13-21)18-20-7-3-2-4-8-20/h5,9-10,17,20-21,24H,2-4,6-8,11-16,18-19H2,1H3. The van der Waals surface area contributed by atoms with Crippen LogP contribution in [0.1, 0.15) is 69.5 Å². The summed E-state index contributed by atoms with van der Waals surface area (Å²) in [4.78, 5) is 2.70. The monoisotopic (exact) mass is 470 g/mol. The summed E-state index contributed by atoms with van der Waals surface area (Å²) >= 11 is 1.77. The zero-order valence-corrected chi connectivity index (χ0v) is 20.8. The van der Waals surface area contributed by atoms with Crippen LogP contribution in [0.4, 0.5) is 0 Å². The van der Waals surface area contributed by atoms with E-state index < -0.39 is 0 Å². The van der Waals surface area contributed by atoms with Crippen molar-refractivity contribution in [1.82, 2.24) is 19.7 Å². The van der Waals surface area contributed by atoms with Gasteiger partial charge in [0.15, 0.2) is 5.16 Å². The highest BCUT2D eigenvalue weighted by Crippen LogP contribution is 2.34. The number of likely N-dealkylation sites (tertiary alicyclic amines) is 1. The number of rotatable bonds is 8. The fraction of sp³-hybridized carbons (Fsp3) is 0.692. The Morgan fingerprint density at radius 1 is 1.03 bits per heavy atom. The van der Waals surface area contributed by atoms with E-state index in [1.807, 2.05) is 6.07 Å². The molecule has 180 valence electrons. The molecule has 3 fully saturated rings. The highest BCUT2D eigenvalue weighted by atomic mass is 32.2. The van der Waals surface area contributed by atoms with Crippen LogP contribution in [0.25, 0.3) is 5.69 Å². The van der Waals surface area contributed by atoms with Gasteiger partial charge in [-0.3, -0.25) is 4.57 Å². The van der Waals surface area contributed by atoms with Gasteiger partial charge in [-0.25, -0.2) is 0 Å². The van der Waals surface area contributed by atoms with Crippen molar-refractivity contribution in [2.75, 3.05) is 39.1 Å². The van der Waals surface area contributed by atoms with E-state index in [2.05, 4.69) is 32.8 Å². The topological polar surface area (TPSA) is 52.4 Å². The van der Waals surface area contributed by atoms with Crippen LogP contribution in [0.3, 0.4) is 0 Å². The Morgan fingerprint density at radius 3 is 2.64 bits per heavy atom. The van der Waals surface area contributed by atoms with Crippen LogP contribution < -0.4 is 4.74 Å². The highest BCUT2D eigenvalue weighted by Gasteiger charge is 2.29. The Labute approximate surface area is 202 Å². The fourth-order valence-corrected chi connectivity index (χ4v) is 6.71. The molecule has 2 saturated heterocycles. The minimum atomic E-state index is 0.330. The minimum Gasteiger partial charge on any atom is -0.497 e. The first-order valence-electron chi connectivity index (χ1n) is 12.9. The van der Waals surface area contributed by atoms with Gasteiger partial charge in [-0.1, -0.05) is 37.1 Å². The highest BCUT2D eigenvalue weighted by molar-refractivity contribution is 7.99. The molecule has 33 heavy (non-hydrogen) atoms. The lowest BCUT2D eigenvalue weighted by atomic mass is 9.88. The first-order chi connectivity index (χ1) is 16.3. The van der Waals surface area contributed by atoms with Crippen molar-refractivity contribution in [3.63, 3.8) is 0 Å². The second-order valence-corrected chi connectivity index (χ2v) is 10.9. The normalized spacial score (nSPS) is 23.2. The summed E-state index contributed by atoms with van der Waals surface area (Å²) in [5.74, 6) is 4.27. The van der Waals surface area contributed by atoms with Crippen LogP contribution in [0.2, 0.25) is 0 Å². The maximum atomic E-state index is 5.85. The van der Waals surface area contributed by atoms with E-state index in [0.717, 1.165) is 60.0 Å². The molecular formula is C26H38N4O2S. The predicted molar refractivity (Wildman–Crippen MR) is 133 cm³/mol. The van der Waals surface area contributed by atoms with Gasteiger partial charge in [-0.15, -0.1) is 10.2 Å². The van der Waals surface area contributed by atoms with Crippen LogP contribution in [0.5, 0.6) is 5.75 Å². The molecule has 1 unspecified atom stereocenters. The van der Waals surface area contributed by atoms with Crippen molar-refractivity contribution >= 4 is 11.8 Å². The molecule has 2 aliphatic heterocycles. The molecule has 3 aliphatic rings. The van der Waals surface area contributed by atoms with E-state index in [4.69, 9.17) is 14.6 Å². The smallest absolute Gasteiger partial charge is 0.195 e. The third-order valence-electron chi connectivity index (χ3n) is 7.59. The number of benzene rings is 1. The molecule has 2 aromatic rings. The Balaban J connectivity index is 1.31. The Morgan fingerprint density at radius 2 is 1.88 bits per heavy atom. The fourth-order valence-electron chi connectivity index (χ4n) is 5.68. The quantitative estimate of drug-likeness (QED) is 0.488. The summed E-state index contributed by atoms with van der Waals surface area (Å²) in [7, 11) is 1.72. The van der Waals surface area contributed by atoms with Gasteiger partial charge >= 0.3 is 0 Å². The summed E-state index contributed by atoms with van der Waals surface area (Å²) in [6, 6.07) is 8.29. The minimum absolute atomic E-state index is 0.330. The maximum absolute atomic E-state index is 5.85. The summed E-state index contributed by atoms with van der Waals surface area (Å²) in [6.45, 7) is 4.52. The summed E-state index contributed by atoms with van der Waals surface area (Å²) in [6.07, 6.45) is 12.1. The van der Waals surface area contributed by atoms with Crippen molar-refractivity contribution in [2.45, 2.75) is 75.0 Å². The number of nitrogens with zero attached hydrogens (tertiary/aromatic N) is 4. The average Bonchev–Trinajstić information content (AvgIpc) is 3.54. The second-order valence-electron chi connectivity index (χ2n) is 9.90. The van der Waals surface area contributed by atoms with Gasteiger partial charge in [0.1, 0.15) is 11.6 Å². The van der Waals surface area contributed by atoms with Crippen molar-refractivity contribution in [1.29, 1.82) is 0 Å². The van der Waals surface area contributed by atoms with Crippen LogP contribution in [0, 0.1) is 5.92 Å². The summed E-state index contributed by atoms with van der Waals surface area (Å²) in [5.41, 5.74) is 1.09. The van der Waals surface area contributed by atoms with E-state index in [1.165, 1.54) is 58.2 Å². The van der Waals surface area contributed by atoms with Crippen molar-refractivity contribution < 1.29 is 9.47 Å². The first-order valence-corrected chi connectivity index (χ1v) is 13.8. The summed E-state index contributed by atoms with van der Waals surface area (Å²) < 4.78 is 13.6. The lowest BCUT2D eigenvalue weighted by Crippen LogP contribution is -2.37. The molecular weight excluding hydrogens is 432 g/mol. The van der Waals surface area contributed by atoms with Gasteiger partial charge in [0.2, 0.25) is 0 Å². The number of ether oxygens (including phenoxy) is 2. The molecule has 3 heterocycles. The predicted octanol–water partition coefficient (Wildman–Crippen LogP) is 5.31. The van der Waals surface area contributed by atoms with E-state index in [0.29, 0.717) is 12.0 Å². The van der Waals surface area contributed by atoms with Gasteiger partial charge in [-0.2, -0.15) is 0 Å². The van der Waals surface area contributed by atoms with E-state index in [1.54, 1.807) is 18.9 Å². The number of methoxy groups -OCH3 is 1. The van der Waals surface area contributed by atoms with Gasteiger partial charge in [0.05, 0.1) is 18.9 Å². The number of aromatic nitrogens is 3. The molecule has 0 amide bonds. The van der Waals surface area contributed by atoms with Crippen LogP contribution in [-0.2, 0) is 4.74 Å². The average molecular weight is 471 g/mol. The van der Waals surface area contributed by atoms with Crippen molar-refractivity contribution in [3.8, 4) is 11.4 Å². The Hall–Kier alpha value is -1.57. The SMILES string of the molecule is COc1cccc(-n2c(SCC3CCCO3)nnc2C2CCN(CC3CCCCC3)CC2)c1. The Bertz CT molecular complexity index is 884. The number of piperidine rings is 1. The lowest BCUT2D eigenvalue weighted by molar-refractivity contribution is 0.129. The molecule has 1 atom stereocenters. The van der Waals surface area contributed by atoms with Gasteiger partial charge in [-0.05, 0) is 69.7 Å². The maximum Gasteiger partial charge on any atom is 0.195 e. The molecule has 6 nitrogen and oxygen atoms in total. The zero-order chi connectivity index (χ0) is 22.5. The molecule has 1 aromatic heterocycles. The molecule has 5 rings (SSSR count). The van der Waals surface area contributed by atoms with Crippen LogP contribution in [-0.4, -0.2) is 64.9 Å². The van der Waals surface area contributed by atoms with Crippen LogP contribution in [0.15, 0.2) is 29.4 Å². The Kier molecular flexibility index (Phi) is 7.89. The molecule has 0 N–H and O–H groups in total. The van der Waals surface area contributed by atoms with E-state index in [9.17, 15) is 0 Å². The van der Waals surface area contributed by atoms with E-state index in [-0.39, 0.29) is 0 Å². The number of hydrogen-bond donors (Lipinski definition) is 0. The largest absolute Gasteiger partial charge is 0.497 e. The second kappa shape index (κ2) is 11.2. The van der Waals surface area contributed by atoms with E-state index >= 15 is 0 Å². The first kappa shape index (κ1) is 23.2. The molecule has 7 heteroatoms. The molecule has 0 bridgehead atoms. The molecule has 0 spiro atoms. The van der Waals surface area contributed by atoms with Crippen LogP contribution >= 0.6 is 11.8 Å². The third-order valence-corrected chi connectivity index (χ3v) is 8.65. The third kappa shape index (κ3) is 5.75. The molecule has 1 aliphatic carbocycles. The lowest BCUT2D eigenvalue weighted by Gasteiger charge is -2.35. The van der Waals surface area contributed by atoms with Gasteiger partial charge in [0, 0.05) is 30.9 Å². The molecule has 1 aromatic carbocycles. The molecule has 1 saturated carbocycles. The zero-order valence-electron chi connectivity index (χ0n) is 20.0. The van der Waals surface area contributed by atoms with Crippen molar-refractivity contribution in [2.24, 2.45) is 5.92 Å². The van der Waals surface area contributed by atoms with Crippen molar-refractivity contribution in [3.05, 3.63) is 30.1 Å². The number of thioether (sulfide) groups is 1. The van der Waals surface area contributed by atoms with Gasteiger partial charge < -0.3 is 14.4 Å². The number of hydrogen-bond acceptors (Lipinski definition) is 6. The van der Waals surface area contributed by atoms with Gasteiger partial charge in [0.25, 0.3) is 0 Å². The molecule has 0 radical (unpaired) electrons.